The standard InChI is InChI=1S/C8H11BrN4O4S/c1-18(16,17)12-3-2-10-8-7(9)4-6(5-11-8)13(14)15/h4-5,12H,2-3H2,1H3,(H,10,11). The molecule has 0 saturated heterocycles. The SMILES string of the molecule is CS(=O)(=O)NCCNc1ncc([N+](=O)[O-])cc1Br. The third-order valence-electron chi connectivity index (χ3n) is 1.82. The molecule has 0 aliphatic carbocycles. The summed E-state index contributed by atoms with van der Waals surface area (Å²) in [5.41, 5.74) is -0.123. The topological polar surface area (TPSA) is 114 Å². The van der Waals surface area contributed by atoms with Gasteiger partial charge in [0.15, 0.2) is 0 Å². The monoisotopic (exact) mass is 338 g/mol. The molecule has 0 amide bonds. The smallest absolute Gasteiger partial charge is 0.288 e. The van der Waals surface area contributed by atoms with Crippen molar-refractivity contribution in [2.24, 2.45) is 0 Å². The quantitative estimate of drug-likeness (QED) is 0.448. The average molecular weight is 339 g/mol. The van der Waals surface area contributed by atoms with Gasteiger partial charge >= 0.3 is 0 Å². The highest BCUT2D eigenvalue weighted by Gasteiger charge is 2.10. The molecule has 0 atom stereocenters. The first-order valence-corrected chi connectivity index (χ1v) is 7.46. The summed E-state index contributed by atoms with van der Waals surface area (Å²) in [7, 11) is -3.22. The zero-order valence-corrected chi connectivity index (χ0v) is 11.8. The first-order valence-electron chi connectivity index (χ1n) is 4.78. The summed E-state index contributed by atoms with van der Waals surface area (Å²) in [6, 6.07) is 1.32. The second kappa shape index (κ2) is 6.07. The molecule has 1 aromatic rings. The summed E-state index contributed by atoms with van der Waals surface area (Å²) in [5.74, 6) is 0.413. The molecule has 100 valence electrons. The van der Waals surface area contributed by atoms with Gasteiger partial charge in [0.25, 0.3) is 5.69 Å². The minimum Gasteiger partial charge on any atom is -0.368 e. The van der Waals surface area contributed by atoms with Crippen molar-refractivity contribution in [2.45, 2.75) is 0 Å². The van der Waals surface area contributed by atoms with Crippen LogP contribution in [0.4, 0.5) is 11.5 Å². The van der Waals surface area contributed by atoms with Crippen LogP contribution in [0.1, 0.15) is 0 Å². The predicted molar refractivity (Wildman–Crippen MR) is 69.9 cm³/mol. The Kier molecular flexibility index (Phi) is 4.99. The van der Waals surface area contributed by atoms with Gasteiger partial charge in [-0.15, -0.1) is 0 Å². The van der Waals surface area contributed by atoms with Crippen LogP contribution >= 0.6 is 15.9 Å². The maximum absolute atomic E-state index is 10.8. The molecular weight excluding hydrogens is 328 g/mol. The second-order valence-corrected chi connectivity index (χ2v) is 6.06. The molecule has 0 spiro atoms. The zero-order chi connectivity index (χ0) is 13.8. The zero-order valence-electron chi connectivity index (χ0n) is 9.38. The largest absolute Gasteiger partial charge is 0.368 e. The lowest BCUT2D eigenvalue weighted by Gasteiger charge is -2.07. The Hall–Kier alpha value is -1.26. The van der Waals surface area contributed by atoms with E-state index in [1.807, 2.05) is 0 Å². The highest BCUT2D eigenvalue weighted by Crippen LogP contribution is 2.23. The van der Waals surface area contributed by atoms with Gasteiger partial charge in [-0.05, 0) is 15.9 Å². The molecule has 1 heterocycles. The maximum atomic E-state index is 10.8. The van der Waals surface area contributed by atoms with Gasteiger partial charge in [-0.1, -0.05) is 0 Å². The molecule has 0 saturated carbocycles. The highest BCUT2D eigenvalue weighted by atomic mass is 79.9. The van der Waals surface area contributed by atoms with Gasteiger partial charge in [-0.25, -0.2) is 18.1 Å². The molecular formula is C8H11BrN4O4S. The van der Waals surface area contributed by atoms with Gasteiger partial charge in [0.1, 0.15) is 12.0 Å². The van der Waals surface area contributed by atoms with Crippen molar-refractivity contribution in [2.75, 3.05) is 24.7 Å². The summed E-state index contributed by atoms with van der Waals surface area (Å²) in [4.78, 5) is 13.8. The first-order chi connectivity index (χ1) is 8.29. The molecule has 1 rings (SSSR count). The number of anilines is 1. The number of hydrogen-bond acceptors (Lipinski definition) is 6. The molecule has 18 heavy (non-hydrogen) atoms. The van der Waals surface area contributed by atoms with E-state index in [0.29, 0.717) is 16.8 Å². The van der Waals surface area contributed by atoms with E-state index >= 15 is 0 Å². The van der Waals surface area contributed by atoms with Crippen LogP contribution in [0, 0.1) is 10.1 Å². The number of aromatic nitrogens is 1. The van der Waals surface area contributed by atoms with Gasteiger partial charge in [-0.2, -0.15) is 0 Å². The molecule has 0 aromatic carbocycles. The van der Waals surface area contributed by atoms with E-state index in [0.717, 1.165) is 12.5 Å². The fraction of sp³-hybridized carbons (Fsp3) is 0.375. The molecule has 0 unspecified atom stereocenters. The number of rotatable bonds is 6. The summed E-state index contributed by atoms with van der Waals surface area (Å²) in [6.07, 6.45) is 2.18. The Morgan fingerprint density at radius 1 is 1.50 bits per heavy atom. The number of halogens is 1. The third kappa shape index (κ3) is 4.94. The van der Waals surface area contributed by atoms with Crippen molar-refractivity contribution in [1.29, 1.82) is 0 Å². The van der Waals surface area contributed by atoms with E-state index in [9.17, 15) is 18.5 Å². The van der Waals surface area contributed by atoms with E-state index in [2.05, 4.69) is 31.0 Å². The number of nitrogens with zero attached hydrogens (tertiary/aromatic N) is 2. The van der Waals surface area contributed by atoms with E-state index in [1.54, 1.807) is 0 Å². The van der Waals surface area contributed by atoms with E-state index < -0.39 is 14.9 Å². The average Bonchev–Trinajstić information content (AvgIpc) is 2.24. The fourth-order valence-electron chi connectivity index (χ4n) is 1.08. The van der Waals surface area contributed by atoms with Gasteiger partial charge < -0.3 is 5.32 Å². The summed E-state index contributed by atoms with van der Waals surface area (Å²) in [6.45, 7) is 0.514. The van der Waals surface area contributed by atoms with Crippen LogP contribution in [-0.4, -0.2) is 37.7 Å². The van der Waals surface area contributed by atoms with Crippen molar-refractivity contribution in [1.82, 2.24) is 9.71 Å². The minimum absolute atomic E-state index is 0.123. The molecule has 1 aromatic heterocycles. The first kappa shape index (κ1) is 14.8. The van der Waals surface area contributed by atoms with Crippen LogP contribution in [0.25, 0.3) is 0 Å². The van der Waals surface area contributed by atoms with Crippen LogP contribution in [-0.2, 0) is 10.0 Å². The van der Waals surface area contributed by atoms with E-state index in [-0.39, 0.29) is 12.2 Å². The predicted octanol–water partition coefficient (Wildman–Crippen LogP) is 0.713. The van der Waals surface area contributed by atoms with Crippen molar-refractivity contribution >= 4 is 37.5 Å². The van der Waals surface area contributed by atoms with E-state index in [4.69, 9.17) is 0 Å². The van der Waals surface area contributed by atoms with Gasteiger partial charge in [0, 0.05) is 19.2 Å². The highest BCUT2D eigenvalue weighted by molar-refractivity contribution is 9.10. The van der Waals surface area contributed by atoms with Crippen molar-refractivity contribution < 1.29 is 13.3 Å². The number of hydrogen-bond donors (Lipinski definition) is 2. The van der Waals surface area contributed by atoms with Crippen molar-refractivity contribution in [3.8, 4) is 0 Å². The Labute approximate surface area is 112 Å². The van der Waals surface area contributed by atoms with Crippen LogP contribution in [0.3, 0.4) is 0 Å². The van der Waals surface area contributed by atoms with Crippen LogP contribution in [0.5, 0.6) is 0 Å². The lowest BCUT2D eigenvalue weighted by atomic mass is 10.4. The molecule has 8 nitrogen and oxygen atoms in total. The van der Waals surface area contributed by atoms with Gasteiger partial charge in [-0.3, -0.25) is 10.1 Å². The molecule has 0 bridgehead atoms. The second-order valence-electron chi connectivity index (χ2n) is 3.37. The summed E-state index contributed by atoms with van der Waals surface area (Å²) in [5, 5.41) is 13.3. The van der Waals surface area contributed by atoms with Gasteiger partial charge in [0.2, 0.25) is 10.0 Å². The maximum Gasteiger partial charge on any atom is 0.288 e. The van der Waals surface area contributed by atoms with E-state index in [1.165, 1.54) is 6.07 Å². The lowest BCUT2D eigenvalue weighted by Crippen LogP contribution is -2.27. The summed E-state index contributed by atoms with van der Waals surface area (Å²) < 4.78 is 24.3. The lowest BCUT2D eigenvalue weighted by molar-refractivity contribution is -0.385. The Balaban J connectivity index is 2.56. The number of sulfonamides is 1. The number of pyridine rings is 1. The molecule has 0 aliphatic rings. The normalized spacial score (nSPS) is 11.2. The van der Waals surface area contributed by atoms with Crippen molar-refractivity contribution in [3.63, 3.8) is 0 Å². The molecule has 0 fully saturated rings. The fourth-order valence-corrected chi connectivity index (χ4v) is 2.03. The van der Waals surface area contributed by atoms with Crippen LogP contribution < -0.4 is 10.0 Å². The minimum atomic E-state index is -3.22. The number of nitrogens with one attached hydrogen (secondary N) is 2. The van der Waals surface area contributed by atoms with Crippen molar-refractivity contribution in [3.05, 3.63) is 26.9 Å². The third-order valence-corrected chi connectivity index (χ3v) is 3.15. The molecule has 0 aliphatic heterocycles. The Morgan fingerprint density at radius 2 is 2.17 bits per heavy atom. The molecule has 2 N–H and O–H groups in total. The Morgan fingerprint density at radius 3 is 2.67 bits per heavy atom. The van der Waals surface area contributed by atoms with Gasteiger partial charge in [0.05, 0.1) is 15.7 Å². The molecule has 10 heteroatoms. The Bertz CT molecular complexity index is 548. The van der Waals surface area contributed by atoms with Crippen LogP contribution in [0.15, 0.2) is 16.7 Å². The number of nitro groups is 1. The summed E-state index contributed by atoms with van der Waals surface area (Å²) >= 11 is 3.14. The van der Waals surface area contributed by atoms with Crippen LogP contribution in [0.2, 0.25) is 0 Å². The molecule has 0 radical (unpaired) electrons.